The Morgan fingerprint density at radius 1 is 1.41 bits per heavy atom. The number of fused-ring (bicyclic) bond motifs is 1. The van der Waals surface area contributed by atoms with Crippen LogP contribution in [0.3, 0.4) is 0 Å². The fourth-order valence-electron chi connectivity index (χ4n) is 2.35. The van der Waals surface area contributed by atoms with Crippen molar-refractivity contribution in [1.29, 1.82) is 0 Å². The Morgan fingerprint density at radius 3 is 2.91 bits per heavy atom. The molecule has 0 aliphatic carbocycles. The Morgan fingerprint density at radius 2 is 2.23 bits per heavy atom. The highest BCUT2D eigenvalue weighted by Gasteiger charge is 2.13. The van der Waals surface area contributed by atoms with E-state index in [2.05, 4.69) is 34.1 Å². The van der Waals surface area contributed by atoms with Crippen LogP contribution in [0, 0.1) is 10.1 Å². The first kappa shape index (κ1) is 15.1. The number of non-ortho nitro benzene ring substituents is 1. The molecule has 0 radical (unpaired) electrons. The van der Waals surface area contributed by atoms with E-state index in [-0.39, 0.29) is 10.6 Å². The van der Waals surface area contributed by atoms with Crippen LogP contribution in [0.15, 0.2) is 40.3 Å². The lowest BCUT2D eigenvalue weighted by molar-refractivity contribution is -0.916. The Labute approximate surface area is 139 Å². The number of halogens is 1. The van der Waals surface area contributed by atoms with E-state index in [1.54, 1.807) is 29.7 Å². The fourth-order valence-corrected chi connectivity index (χ4v) is 3.95. The van der Waals surface area contributed by atoms with Gasteiger partial charge in [-0.2, -0.15) is 5.10 Å². The zero-order valence-corrected chi connectivity index (χ0v) is 14.2. The van der Waals surface area contributed by atoms with E-state index < -0.39 is 0 Å². The van der Waals surface area contributed by atoms with E-state index in [0.717, 1.165) is 21.2 Å². The highest BCUT2D eigenvalue weighted by molar-refractivity contribution is 9.11. The molecule has 0 bridgehead atoms. The molecule has 0 fully saturated rings. The van der Waals surface area contributed by atoms with Crippen LogP contribution in [0.25, 0.3) is 10.9 Å². The second-order valence-corrected chi connectivity index (χ2v) is 7.69. The maximum Gasteiger partial charge on any atom is 0.271 e. The third kappa shape index (κ3) is 3.18. The van der Waals surface area contributed by atoms with Crippen molar-refractivity contribution in [3.8, 4) is 0 Å². The monoisotopic (exact) mass is 381 g/mol. The van der Waals surface area contributed by atoms with Gasteiger partial charge in [-0.05, 0) is 34.1 Å². The minimum Gasteiger partial charge on any atom is -0.314 e. The minimum absolute atomic E-state index is 0.0918. The second-order valence-electron chi connectivity index (χ2n) is 5.14. The number of rotatable bonds is 5. The SMILES string of the molecule is C[NH+](Cc1ccc(Br)s1)Cn1ncc2ccc([N+](=O)[O-])cc21. The highest BCUT2D eigenvalue weighted by atomic mass is 79.9. The molecule has 3 rings (SSSR count). The molecule has 1 aromatic carbocycles. The van der Waals surface area contributed by atoms with Gasteiger partial charge in [-0.15, -0.1) is 11.3 Å². The second kappa shape index (κ2) is 6.15. The van der Waals surface area contributed by atoms with Gasteiger partial charge in [0.25, 0.3) is 5.69 Å². The average Bonchev–Trinajstić information content (AvgIpc) is 3.05. The normalized spacial score (nSPS) is 12.6. The lowest BCUT2D eigenvalue weighted by atomic mass is 10.2. The average molecular weight is 382 g/mol. The van der Waals surface area contributed by atoms with Crippen molar-refractivity contribution in [3.05, 3.63) is 55.3 Å². The smallest absolute Gasteiger partial charge is 0.271 e. The van der Waals surface area contributed by atoms with Gasteiger partial charge in [-0.1, -0.05) is 0 Å². The summed E-state index contributed by atoms with van der Waals surface area (Å²) >= 11 is 5.18. The van der Waals surface area contributed by atoms with E-state index in [1.807, 2.05) is 10.7 Å². The summed E-state index contributed by atoms with van der Waals surface area (Å²) in [5, 5.41) is 16.2. The molecule has 0 spiro atoms. The summed E-state index contributed by atoms with van der Waals surface area (Å²) in [6.45, 7) is 1.53. The summed E-state index contributed by atoms with van der Waals surface area (Å²) < 4.78 is 2.94. The molecule has 1 unspecified atom stereocenters. The van der Waals surface area contributed by atoms with Gasteiger partial charge >= 0.3 is 0 Å². The Kier molecular flexibility index (Phi) is 4.23. The summed E-state index contributed by atoms with van der Waals surface area (Å²) in [7, 11) is 2.08. The molecule has 22 heavy (non-hydrogen) atoms. The van der Waals surface area contributed by atoms with Gasteiger partial charge in [-0.25, -0.2) is 4.68 Å². The fraction of sp³-hybridized carbons (Fsp3) is 0.214. The summed E-state index contributed by atoms with van der Waals surface area (Å²) in [6, 6.07) is 8.97. The number of nitrogens with one attached hydrogen (secondary N) is 1. The molecule has 0 saturated carbocycles. The molecule has 0 saturated heterocycles. The third-order valence-electron chi connectivity index (χ3n) is 3.36. The maximum atomic E-state index is 10.9. The first-order chi connectivity index (χ1) is 10.5. The van der Waals surface area contributed by atoms with Crippen molar-refractivity contribution in [2.45, 2.75) is 13.2 Å². The number of aromatic nitrogens is 2. The van der Waals surface area contributed by atoms with Crippen molar-refractivity contribution in [2.24, 2.45) is 0 Å². The lowest BCUT2D eigenvalue weighted by Crippen LogP contribution is -3.06. The minimum atomic E-state index is -0.378. The van der Waals surface area contributed by atoms with Crippen molar-refractivity contribution >= 4 is 43.9 Å². The van der Waals surface area contributed by atoms with Crippen LogP contribution in [0.4, 0.5) is 5.69 Å². The summed E-state index contributed by atoms with van der Waals surface area (Å²) in [5.74, 6) is 0. The van der Waals surface area contributed by atoms with Gasteiger partial charge in [-0.3, -0.25) is 10.1 Å². The van der Waals surface area contributed by atoms with Gasteiger partial charge in [0.15, 0.2) is 6.67 Å². The van der Waals surface area contributed by atoms with E-state index in [9.17, 15) is 10.1 Å². The van der Waals surface area contributed by atoms with Crippen molar-refractivity contribution in [2.75, 3.05) is 7.05 Å². The molecule has 114 valence electrons. The quantitative estimate of drug-likeness (QED) is 0.545. The van der Waals surface area contributed by atoms with Crippen LogP contribution in [0.1, 0.15) is 4.88 Å². The van der Waals surface area contributed by atoms with Crippen LogP contribution >= 0.6 is 27.3 Å². The Hall–Kier alpha value is -1.77. The van der Waals surface area contributed by atoms with Crippen LogP contribution in [0.2, 0.25) is 0 Å². The van der Waals surface area contributed by atoms with Crippen LogP contribution in [0.5, 0.6) is 0 Å². The molecule has 1 atom stereocenters. The van der Waals surface area contributed by atoms with E-state index in [1.165, 1.54) is 15.8 Å². The molecule has 2 aromatic heterocycles. The molecular weight excluding hydrogens is 368 g/mol. The molecule has 3 aromatic rings. The number of nitro benzene ring substituents is 1. The summed E-state index contributed by atoms with van der Waals surface area (Å²) in [4.78, 5) is 13.1. The van der Waals surface area contributed by atoms with Crippen LogP contribution in [-0.4, -0.2) is 21.8 Å². The van der Waals surface area contributed by atoms with Gasteiger partial charge in [0, 0.05) is 17.5 Å². The predicted octanol–water partition coefficient (Wildman–Crippen LogP) is 2.44. The van der Waals surface area contributed by atoms with Gasteiger partial charge in [0.1, 0.15) is 6.54 Å². The molecule has 2 heterocycles. The van der Waals surface area contributed by atoms with Crippen molar-refractivity contribution in [3.63, 3.8) is 0 Å². The van der Waals surface area contributed by atoms with Crippen LogP contribution in [-0.2, 0) is 13.2 Å². The van der Waals surface area contributed by atoms with Crippen molar-refractivity contribution < 1.29 is 9.82 Å². The highest BCUT2D eigenvalue weighted by Crippen LogP contribution is 2.22. The van der Waals surface area contributed by atoms with E-state index >= 15 is 0 Å². The number of nitro groups is 1. The lowest BCUT2D eigenvalue weighted by Gasteiger charge is -2.13. The zero-order valence-electron chi connectivity index (χ0n) is 11.8. The maximum absolute atomic E-state index is 10.9. The topological polar surface area (TPSA) is 65.4 Å². The predicted molar refractivity (Wildman–Crippen MR) is 89.0 cm³/mol. The zero-order chi connectivity index (χ0) is 15.7. The number of hydrogen-bond acceptors (Lipinski definition) is 4. The van der Waals surface area contributed by atoms with Crippen molar-refractivity contribution in [1.82, 2.24) is 9.78 Å². The first-order valence-corrected chi connectivity index (χ1v) is 8.29. The summed E-state index contributed by atoms with van der Waals surface area (Å²) in [6.07, 6.45) is 1.74. The molecule has 0 aliphatic heterocycles. The molecule has 0 amide bonds. The molecule has 8 heteroatoms. The Balaban J connectivity index is 1.80. The number of quaternary nitrogens is 1. The number of thiophene rings is 1. The largest absolute Gasteiger partial charge is 0.314 e. The Bertz CT molecular complexity index is 829. The van der Waals surface area contributed by atoms with Gasteiger partial charge in [0.05, 0.1) is 32.3 Å². The van der Waals surface area contributed by atoms with E-state index in [0.29, 0.717) is 6.67 Å². The van der Waals surface area contributed by atoms with Crippen LogP contribution < -0.4 is 4.90 Å². The number of benzene rings is 1. The third-order valence-corrected chi connectivity index (χ3v) is 4.99. The van der Waals surface area contributed by atoms with E-state index in [4.69, 9.17) is 0 Å². The molecule has 0 aliphatic rings. The standard InChI is InChI=1S/C14H13BrN4O2S/c1-17(8-12-4-5-14(15)22-12)9-18-13-6-11(19(20)21)3-2-10(13)7-16-18/h2-7H,8-9H2,1H3/p+1. The number of nitrogens with zero attached hydrogens (tertiary/aromatic N) is 3. The summed E-state index contributed by atoms with van der Waals surface area (Å²) in [5.41, 5.74) is 0.884. The number of hydrogen-bond donors (Lipinski definition) is 1. The molecule has 6 nitrogen and oxygen atoms in total. The first-order valence-electron chi connectivity index (χ1n) is 6.68. The molecule has 1 N–H and O–H groups in total. The van der Waals surface area contributed by atoms with Gasteiger partial charge < -0.3 is 4.90 Å². The molecular formula is C14H14BrN4O2S+. The van der Waals surface area contributed by atoms with Gasteiger partial charge in [0.2, 0.25) is 0 Å².